The molecular formula is C24H24F2N4O3. The predicted octanol–water partition coefficient (Wildman–Crippen LogP) is 3.81. The number of aromatic carboxylic acids is 1. The number of aromatic nitrogens is 2. The van der Waals surface area contributed by atoms with E-state index in [1.165, 1.54) is 29.2 Å². The van der Waals surface area contributed by atoms with E-state index in [4.69, 9.17) is 4.98 Å². The molecule has 0 amide bonds. The molecule has 7 nitrogen and oxygen atoms in total. The van der Waals surface area contributed by atoms with Crippen molar-refractivity contribution in [3.05, 3.63) is 63.4 Å². The highest BCUT2D eigenvalue weighted by Crippen LogP contribution is 2.46. The van der Waals surface area contributed by atoms with Crippen LogP contribution in [0.3, 0.4) is 0 Å². The smallest absolute Gasteiger partial charge is 0.337 e. The first-order valence-corrected chi connectivity index (χ1v) is 10.9. The third kappa shape index (κ3) is 3.71. The summed E-state index contributed by atoms with van der Waals surface area (Å²) in [6.45, 7) is 3.35. The number of hydrogen-bond donors (Lipinski definition) is 2. The number of rotatable bonds is 6. The van der Waals surface area contributed by atoms with Crippen LogP contribution in [0.2, 0.25) is 0 Å². The molecule has 2 fully saturated rings. The second-order valence-corrected chi connectivity index (χ2v) is 8.99. The number of piperidine rings is 1. The number of fused-ring (bicyclic) bond motifs is 2. The second-order valence-electron chi connectivity index (χ2n) is 8.99. The van der Waals surface area contributed by atoms with Crippen LogP contribution in [0.25, 0.3) is 10.9 Å². The zero-order valence-corrected chi connectivity index (χ0v) is 18.3. The molecule has 1 aliphatic heterocycles. The van der Waals surface area contributed by atoms with Gasteiger partial charge in [0.05, 0.1) is 16.5 Å². The summed E-state index contributed by atoms with van der Waals surface area (Å²) in [6.07, 6.45) is -1.69. The Hall–Kier alpha value is -3.49. The van der Waals surface area contributed by atoms with E-state index in [1.807, 2.05) is 4.90 Å². The van der Waals surface area contributed by atoms with Crippen molar-refractivity contribution in [2.45, 2.75) is 25.8 Å². The number of para-hydroxylation sites is 1. The van der Waals surface area contributed by atoms with Crippen LogP contribution in [0.5, 0.6) is 0 Å². The number of nitrogens with one attached hydrogen (secondary N) is 1. The standard InChI is InChI=1S/C24H24F2N4O3/c1-12-7-16(20(21(25)26)27-18-6-4-3-5-15(18)23(32)33)19-17(8-12)22(31)29(2)24(28-19)30-10-13-9-14(13)11-30/h3-8,13-14,20-21,27H,9-11H2,1-2H3,(H,32,33). The Bertz CT molecular complexity index is 1310. The maximum atomic E-state index is 14.4. The summed E-state index contributed by atoms with van der Waals surface area (Å²) in [7, 11) is 1.65. The van der Waals surface area contributed by atoms with Gasteiger partial charge in [0.15, 0.2) is 0 Å². The van der Waals surface area contributed by atoms with E-state index < -0.39 is 18.4 Å². The van der Waals surface area contributed by atoms with E-state index in [1.54, 1.807) is 32.2 Å². The monoisotopic (exact) mass is 454 g/mol. The molecule has 3 aromatic rings. The highest BCUT2D eigenvalue weighted by atomic mass is 19.3. The Balaban J connectivity index is 1.66. The number of hydrogen-bond acceptors (Lipinski definition) is 5. The van der Waals surface area contributed by atoms with Gasteiger partial charge in [-0.1, -0.05) is 18.2 Å². The fraction of sp³-hybridized carbons (Fsp3) is 0.375. The molecule has 2 aliphatic rings. The molecule has 1 aromatic heterocycles. The molecule has 3 atom stereocenters. The molecule has 1 aliphatic carbocycles. The maximum absolute atomic E-state index is 14.4. The van der Waals surface area contributed by atoms with Gasteiger partial charge in [-0.15, -0.1) is 0 Å². The van der Waals surface area contributed by atoms with E-state index in [9.17, 15) is 23.5 Å². The molecule has 2 heterocycles. The van der Waals surface area contributed by atoms with Crippen LogP contribution in [0.1, 0.15) is 33.9 Å². The Kier molecular flexibility index (Phi) is 5.07. The third-order valence-corrected chi connectivity index (χ3v) is 6.65. The molecule has 0 bridgehead atoms. The van der Waals surface area contributed by atoms with E-state index in [0.717, 1.165) is 13.1 Å². The first-order valence-electron chi connectivity index (χ1n) is 10.9. The molecule has 5 rings (SSSR count). The van der Waals surface area contributed by atoms with Gasteiger partial charge in [-0.3, -0.25) is 9.36 Å². The first kappa shape index (κ1) is 21.4. The van der Waals surface area contributed by atoms with Gasteiger partial charge in [0.2, 0.25) is 5.95 Å². The van der Waals surface area contributed by atoms with Crippen molar-refractivity contribution in [3.8, 4) is 0 Å². The molecule has 0 radical (unpaired) electrons. The molecule has 1 saturated carbocycles. The van der Waals surface area contributed by atoms with Crippen molar-refractivity contribution in [1.82, 2.24) is 9.55 Å². The summed E-state index contributed by atoms with van der Waals surface area (Å²) in [4.78, 5) is 31.6. The van der Waals surface area contributed by atoms with Gasteiger partial charge < -0.3 is 15.3 Å². The number of carboxylic acid groups (broad SMARTS) is 1. The fourth-order valence-electron chi connectivity index (χ4n) is 4.86. The normalized spacial score (nSPS) is 20.2. The molecule has 9 heteroatoms. The van der Waals surface area contributed by atoms with E-state index in [0.29, 0.717) is 23.3 Å². The SMILES string of the molecule is Cc1cc(C(Nc2ccccc2C(=O)O)C(F)F)c2nc(N3CC4CC4C3)n(C)c(=O)c2c1. The summed E-state index contributed by atoms with van der Waals surface area (Å²) in [6, 6.07) is 7.62. The van der Waals surface area contributed by atoms with Crippen LogP contribution in [0.4, 0.5) is 20.4 Å². The summed E-state index contributed by atoms with van der Waals surface area (Å²) in [5, 5.41) is 12.4. The lowest BCUT2D eigenvalue weighted by Crippen LogP contribution is -2.32. The minimum atomic E-state index is -2.87. The van der Waals surface area contributed by atoms with Crippen molar-refractivity contribution in [3.63, 3.8) is 0 Å². The topological polar surface area (TPSA) is 87.5 Å². The zero-order valence-electron chi connectivity index (χ0n) is 18.3. The van der Waals surface area contributed by atoms with Crippen molar-refractivity contribution in [2.24, 2.45) is 18.9 Å². The van der Waals surface area contributed by atoms with E-state index >= 15 is 0 Å². The van der Waals surface area contributed by atoms with Gasteiger partial charge in [-0.25, -0.2) is 18.6 Å². The van der Waals surface area contributed by atoms with Crippen molar-refractivity contribution in [2.75, 3.05) is 23.3 Å². The number of alkyl halides is 2. The van der Waals surface area contributed by atoms with Crippen LogP contribution in [0.15, 0.2) is 41.2 Å². The van der Waals surface area contributed by atoms with Crippen molar-refractivity contribution < 1.29 is 18.7 Å². The Labute approximate surface area is 188 Å². The molecule has 1 saturated heterocycles. The number of carboxylic acids is 1. The lowest BCUT2D eigenvalue weighted by molar-refractivity contribution is 0.0697. The first-order chi connectivity index (χ1) is 15.7. The van der Waals surface area contributed by atoms with Gasteiger partial charge >= 0.3 is 5.97 Å². The number of carbonyl (C=O) groups is 1. The summed E-state index contributed by atoms with van der Waals surface area (Å²) >= 11 is 0. The number of nitrogens with zero attached hydrogens (tertiary/aromatic N) is 3. The minimum absolute atomic E-state index is 0.0774. The number of aryl methyl sites for hydroxylation is 1. The summed E-state index contributed by atoms with van der Waals surface area (Å²) in [5.74, 6) is 0.474. The maximum Gasteiger partial charge on any atom is 0.337 e. The Morgan fingerprint density at radius 2 is 1.91 bits per heavy atom. The van der Waals surface area contributed by atoms with Gasteiger partial charge in [-0.05, 0) is 48.9 Å². The number of halogens is 2. The summed E-state index contributed by atoms with van der Waals surface area (Å²) < 4.78 is 30.2. The van der Waals surface area contributed by atoms with Crippen LogP contribution >= 0.6 is 0 Å². The Morgan fingerprint density at radius 1 is 1.21 bits per heavy atom. The fourth-order valence-corrected chi connectivity index (χ4v) is 4.86. The average molecular weight is 454 g/mol. The van der Waals surface area contributed by atoms with E-state index in [2.05, 4.69) is 5.32 Å². The molecular weight excluding hydrogens is 430 g/mol. The quantitative estimate of drug-likeness (QED) is 0.589. The summed E-state index contributed by atoms with van der Waals surface area (Å²) in [5.41, 5.74) is 0.702. The van der Waals surface area contributed by atoms with Gasteiger partial charge in [0.25, 0.3) is 12.0 Å². The molecule has 0 spiro atoms. The molecule has 2 N–H and O–H groups in total. The largest absolute Gasteiger partial charge is 0.478 e. The number of anilines is 2. The van der Waals surface area contributed by atoms with Crippen LogP contribution in [-0.2, 0) is 7.05 Å². The van der Waals surface area contributed by atoms with Gasteiger partial charge in [0, 0.05) is 31.4 Å². The van der Waals surface area contributed by atoms with Crippen LogP contribution in [-0.4, -0.2) is 40.1 Å². The van der Waals surface area contributed by atoms with Crippen molar-refractivity contribution >= 4 is 28.5 Å². The van der Waals surface area contributed by atoms with Crippen LogP contribution in [0, 0.1) is 18.8 Å². The molecule has 33 heavy (non-hydrogen) atoms. The highest BCUT2D eigenvalue weighted by molar-refractivity contribution is 5.94. The molecule has 172 valence electrons. The van der Waals surface area contributed by atoms with Gasteiger partial charge in [-0.2, -0.15) is 0 Å². The third-order valence-electron chi connectivity index (χ3n) is 6.65. The Morgan fingerprint density at radius 3 is 2.58 bits per heavy atom. The van der Waals surface area contributed by atoms with E-state index in [-0.39, 0.29) is 33.3 Å². The molecule has 2 aromatic carbocycles. The van der Waals surface area contributed by atoms with Crippen LogP contribution < -0.4 is 15.8 Å². The highest BCUT2D eigenvalue weighted by Gasteiger charge is 2.46. The predicted molar refractivity (Wildman–Crippen MR) is 121 cm³/mol. The van der Waals surface area contributed by atoms with Crippen molar-refractivity contribution in [1.29, 1.82) is 0 Å². The lowest BCUT2D eigenvalue weighted by Gasteiger charge is -2.25. The zero-order chi connectivity index (χ0) is 23.4. The second kappa shape index (κ2) is 7.83. The van der Waals surface area contributed by atoms with Gasteiger partial charge in [0.1, 0.15) is 6.04 Å². The average Bonchev–Trinajstić information content (AvgIpc) is 3.39. The minimum Gasteiger partial charge on any atom is -0.478 e. The lowest BCUT2D eigenvalue weighted by atomic mass is 9.99. The molecule has 3 unspecified atom stereocenters. The number of benzene rings is 2.